The van der Waals surface area contributed by atoms with Crippen molar-refractivity contribution in [3.63, 3.8) is 0 Å². The summed E-state index contributed by atoms with van der Waals surface area (Å²) in [5.41, 5.74) is 0.838. The van der Waals surface area contributed by atoms with E-state index in [-0.39, 0.29) is 6.61 Å². The van der Waals surface area contributed by atoms with E-state index in [0.717, 1.165) is 12.0 Å². The van der Waals surface area contributed by atoms with E-state index in [1.54, 1.807) is 62.8 Å². The number of alkyl carbamates (subject to hydrolysis) is 1. The number of carbonyl (C=O) groups is 1. The first-order chi connectivity index (χ1) is 17.5. The molecule has 0 aromatic heterocycles. The van der Waals surface area contributed by atoms with E-state index < -0.39 is 19.5 Å². The van der Waals surface area contributed by atoms with Gasteiger partial charge in [-0.15, -0.1) is 0 Å². The molecule has 0 radical (unpaired) electrons. The highest BCUT2D eigenvalue weighted by molar-refractivity contribution is 7.55. The number of carbonyl (C=O) groups excluding carboxylic acids is 1. The molecule has 0 fully saturated rings. The molecule has 3 aromatic rings. The van der Waals surface area contributed by atoms with Crippen LogP contribution in [-0.2, 0) is 15.9 Å². The summed E-state index contributed by atoms with van der Waals surface area (Å²) in [5, 5.41) is 2.72. The Bertz CT molecular complexity index is 1070. The van der Waals surface area contributed by atoms with Crippen molar-refractivity contribution in [1.82, 2.24) is 5.32 Å². The highest BCUT2D eigenvalue weighted by Gasteiger charge is 2.40. The maximum atomic E-state index is 14.3. The van der Waals surface area contributed by atoms with E-state index in [9.17, 15) is 9.36 Å². The number of benzene rings is 3. The van der Waals surface area contributed by atoms with Crippen LogP contribution in [0.25, 0.3) is 0 Å². The van der Waals surface area contributed by atoms with Gasteiger partial charge in [0.25, 0.3) is 0 Å². The minimum atomic E-state index is -3.99. The van der Waals surface area contributed by atoms with Gasteiger partial charge in [-0.2, -0.15) is 0 Å². The molecule has 0 unspecified atom stereocenters. The van der Waals surface area contributed by atoms with Crippen molar-refractivity contribution in [2.75, 3.05) is 14.2 Å². The van der Waals surface area contributed by atoms with Crippen LogP contribution in [0.5, 0.6) is 23.0 Å². The summed E-state index contributed by atoms with van der Waals surface area (Å²) in [5.74, 6) is 0.920. The third kappa shape index (κ3) is 7.95. The number of rotatable bonds is 13. The lowest BCUT2D eigenvalue weighted by atomic mass is 10.2. The van der Waals surface area contributed by atoms with Crippen molar-refractivity contribution in [1.29, 1.82) is 0 Å². The molecule has 0 heterocycles. The van der Waals surface area contributed by atoms with Gasteiger partial charge in [-0.05, 0) is 60.5 Å². The summed E-state index contributed by atoms with van der Waals surface area (Å²) in [7, 11) is -0.884. The molecule has 0 saturated carbocycles. The second-order valence-electron chi connectivity index (χ2n) is 7.94. The van der Waals surface area contributed by atoms with Crippen molar-refractivity contribution in [3.8, 4) is 23.0 Å². The molecule has 1 N–H and O–H groups in total. The van der Waals surface area contributed by atoms with Crippen LogP contribution in [0.2, 0.25) is 0 Å². The lowest BCUT2D eigenvalue weighted by Gasteiger charge is -2.28. The van der Waals surface area contributed by atoms with Gasteiger partial charge < -0.3 is 28.6 Å². The van der Waals surface area contributed by atoms with Crippen LogP contribution in [0.3, 0.4) is 0 Å². The van der Waals surface area contributed by atoms with Crippen molar-refractivity contribution in [2.45, 2.75) is 38.6 Å². The zero-order valence-corrected chi connectivity index (χ0v) is 21.6. The number of methoxy groups -OCH3 is 2. The van der Waals surface area contributed by atoms with Crippen molar-refractivity contribution >= 4 is 13.7 Å². The van der Waals surface area contributed by atoms with E-state index in [1.807, 2.05) is 37.3 Å². The number of unbranched alkanes of at least 4 members (excludes halogenated alkanes) is 1. The summed E-state index contributed by atoms with van der Waals surface area (Å²) < 4.78 is 42.0. The second-order valence-corrected chi connectivity index (χ2v) is 10.0. The molecular weight excluding hydrogens is 481 g/mol. The van der Waals surface area contributed by atoms with E-state index in [4.69, 9.17) is 23.3 Å². The standard InChI is InChI=1S/C27H32NO7P/c1-4-5-11-26(28-27(29)33-20-21-9-7-6-8-10-21)36(30,34-24-16-12-22(31-2)13-17-24)35-25-18-14-23(32-3)15-19-25/h6-10,12-19,26H,4-5,11,20H2,1-3H3,(H,28,29)/t26-/m0/s1. The zero-order valence-electron chi connectivity index (χ0n) is 20.7. The van der Waals surface area contributed by atoms with Crippen LogP contribution in [0, 0.1) is 0 Å². The molecule has 0 aliphatic rings. The summed E-state index contributed by atoms with van der Waals surface area (Å²) in [6.45, 7) is 2.08. The minimum Gasteiger partial charge on any atom is -0.497 e. The third-order valence-corrected chi connectivity index (χ3v) is 7.38. The minimum absolute atomic E-state index is 0.0795. The fraction of sp³-hybridized carbons (Fsp3) is 0.296. The molecule has 0 saturated heterocycles. The molecule has 0 aliphatic heterocycles. The van der Waals surface area contributed by atoms with Gasteiger partial charge in [0.15, 0.2) is 5.78 Å². The Kier molecular flexibility index (Phi) is 10.1. The quantitative estimate of drug-likeness (QED) is 0.251. The fourth-order valence-electron chi connectivity index (χ4n) is 3.32. The first-order valence-corrected chi connectivity index (χ1v) is 13.3. The fourth-order valence-corrected chi connectivity index (χ4v) is 5.21. The van der Waals surface area contributed by atoms with Crippen molar-refractivity contribution in [3.05, 3.63) is 84.4 Å². The van der Waals surface area contributed by atoms with Crippen LogP contribution in [0.4, 0.5) is 4.79 Å². The number of hydrogen-bond acceptors (Lipinski definition) is 7. The van der Waals surface area contributed by atoms with Crippen LogP contribution in [0.15, 0.2) is 78.9 Å². The number of hydrogen-bond donors (Lipinski definition) is 1. The maximum absolute atomic E-state index is 14.3. The maximum Gasteiger partial charge on any atom is 0.453 e. The first-order valence-electron chi connectivity index (χ1n) is 11.7. The molecule has 192 valence electrons. The molecule has 9 heteroatoms. The molecule has 3 rings (SSSR count). The Hall–Kier alpha value is -3.64. The van der Waals surface area contributed by atoms with Crippen molar-refractivity contribution < 1.29 is 32.6 Å². The van der Waals surface area contributed by atoms with Gasteiger partial charge in [-0.25, -0.2) is 9.36 Å². The SMILES string of the molecule is CCCC[C@@H](NC(=O)OCc1ccccc1)P(=O)(Oc1ccc(OC)cc1)Oc1ccc(OC)cc1. The highest BCUT2D eigenvalue weighted by Crippen LogP contribution is 2.53. The highest BCUT2D eigenvalue weighted by atomic mass is 31.2. The van der Waals surface area contributed by atoms with E-state index in [0.29, 0.717) is 35.8 Å². The van der Waals surface area contributed by atoms with Gasteiger partial charge in [-0.3, -0.25) is 0 Å². The predicted octanol–water partition coefficient (Wildman–Crippen LogP) is 6.80. The molecule has 0 aliphatic carbocycles. The summed E-state index contributed by atoms with van der Waals surface area (Å²) >= 11 is 0. The van der Waals surface area contributed by atoms with Gasteiger partial charge >= 0.3 is 13.7 Å². The van der Waals surface area contributed by atoms with E-state index in [1.165, 1.54) is 0 Å². The normalized spacial score (nSPS) is 11.8. The molecule has 0 spiro atoms. The Balaban J connectivity index is 1.84. The molecule has 8 nitrogen and oxygen atoms in total. The van der Waals surface area contributed by atoms with Gasteiger partial charge in [-0.1, -0.05) is 50.1 Å². The Morgan fingerprint density at radius 1 is 0.806 bits per heavy atom. The van der Waals surface area contributed by atoms with E-state index in [2.05, 4.69) is 5.32 Å². The number of ether oxygens (including phenoxy) is 3. The Morgan fingerprint density at radius 3 is 1.78 bits per heavy atom. The topological polar surface area (TPSA) is 92.3 Å². The van der Waals surface area contributed by atoms with Crippen LogP contribution >= 0.6 is 7.60 Å². The third-order valence-electron chi connectivity index (χ3n) is 5.29. The average Bonchev–Trinajstić information content (AvgIpc) is 2.91. The van der Waals surface area contributed by atoms with Gasteiger partial charge in [0.1, 0.15) is 29.6 Å². The molecule has 3 aromatic carbocycles. The summed E-state index contributed by atoms with van der Waals surface area (Å²) in [6.07, 6.45) is 1.16. The molecular formula is C27H32NO7P. The molecule has 36 heavy (non-hydrogen) atoms. The first kappa shape index (κ1) is 27.0. The molecule has 1 atom stereocenters. The van der Waals surface area contributed by atoms with Gasteiger partial charge in [0, 0.05) is 0 Å². The summed E-state index contributed by atoms with van der Waals surface area (Å²) in [6, 6.07) is 22.6. The lowest BCUT2D eigenvalue weighted by molar-refractivity contribution is 0.136. The van der Waals surface area contributed by atoms with Crippen molar-refractivity contribution in [2.24, 2.45) is 0 Å². The Labute approximate surface area is 212 Å². The van der Waals surface area contributed by atoms with E-state index >= 15 is 0 Å². The van der Waals surface area contributed by atoms with Gasteiger partial charge in [0.2, 0.25) is 0 Å². The smallest absolute Gasteiger partial charge is 0.453 e. The molecule has 1 amide bonds. The largest absolute Gasteiger partial charge is 0.497 e. The average molecular weight is 514 g/mol. The lowest BCUT2D eigenvalue weighted by Crippen LogP contribution is -2.37. The van der Waals surface area contributed by atoms with Crippen LogP contribution in [-0.4, -0.2) is 26.1 Å². The van der Waals surface area contributed by atoms with Crippen LogP contribution in [0.1, 0.15) is 31.7 Å². The number of nitrogens with one attached hydrogen (secondary N) is 1. The predicted molar refractivity (Wildman–Crippen MR) is 138 cm³/mol. The zero-order chi connectivity index (χ0) is 25.8. The molecule has 0 bridgehead atoms. The summed E-state index contributed by atoms with van der Waals surface area (Å²) in [4.78, 5) is 12.7. The number of amides is 1. The Morgan fingerprint density at radius 2 is 1.31 bits per heavy atom. The van der Waals surface area contributed by atoms with Crippen LogP contribution < -0.4 is 23.8 Å². The monoisotopic (exact) mass is 513 g/mol. The van der Waals surface area contributed by atoms with Gasteiger partial charge in [0.05, 0.1) is 14.2 Å². The second kappa shape index (κ2) is 13.4.